The average molecular weight is 285 g/mol. The monoisotopic (exact) mass is 284 g/mol. The van der Waals surface area contributed by atoms with Crippen molar-refractivity contribution in [2.45, 2.75) is 9.79 Å². The summed E-state index contributed by atoms with van der Waals surface area (Å²) in [5.74, 6) is -0.0991. The van der Waals surface area contributed by atoms with Gasteiger partial charge in [0.25, 0.3) is 9.05 Å². The number of hydrogen-bond acceptors (Lipinski definition) is 5. The molecule has 1 aromatic carbocycles. The lowest BCUT2D eigenvalue weighted by Crippen LogP contribution is -2.01. The molecule has 0 atom stereocenters. The van der Waals surface area contributed by atoms with Crippen LogP contribution in [0.15, 0.2) is 28.0 Å². The highest BCUT2D eigenvalue weighted by molar-refractivity contribution is 8.13. The highest BCUT2D eigenvalue weighted by Gasteiger charge is 2.19. The number of rotatable bonds is 3. The topological polar surface area (TPSA) is 77.5 Å². The van der Waals surface area contributed by atoms with E-state index in [4.69, 9.17) is 15.4 Å². The van der Waals surface area contributed by atoms with Crippen LogP contribution in [0.4, 0.5) is 0 Å². The van der Waals surface area contributed by atoms with E-state index < -0.39 is 18.9 Å². The van der Waals surface area contributed by atoms with E-state index in [1.165, 1.54) is 7.11 Å². The molecule has 0 amide bonds. The molecule has 1 rings (SSSR count). The molecule has 0 aliphatic rings. The number of hydrogen-bond donors (Lipinski definition) is 0. The van der Waals surface area contributed by atoms with Crippen molar-refractivity contribution in [2.24, 2.45) is 0 Å². The fourth-order valence-corrected chi connectivity index (χ4v) is 2.71. The van der Waals surface area contributed by atoms with Gasteiger partial charge >= 0.3 is 0 Å². The molecule has 8 heteroatoms. The second-order valence-corrected chi connectivity index (χ2v) is 7.57. The standard InChI is InChI=1S/C8H9ClO5S2/c1-14-7-5-6(15(2,10)11)3-4-8(7)16(9,12)13/h3-5H,1-2H3. The van der Waals surface area contributed by atoms with Gasteiger partial charge in [-0.25, -0.2) is 16.8 Å². The van der Waals surface area contributed by atoms with E-state index in [0.717, 1.165) is 24.5 Å². The number of sulfone groups is 1. The fourth-order valence-electron chi connectivity index (χ4n) is 1.08. The molecule has 0 fully saturated rings. The lowest BCUT2D eigenvalue weighted by molar-refractivity contribution is 0.401. The summed E-state index contributed by atoms with van der Waals surface area (Å²) in [4.78, 5) is -0.294. The summed E-state index contributed by atoms with van der Waals surface area (Å²) in [6.07, 6.45) is 1.01. The van der Waals surface area contributed by atoms with E-state index in [1.54, 1.807) is 0 Å². The number of benzene rings is 1. The lowest BCUT2D eigenvalue weighted by Gasteiger charge is -2.07. The molecule has 0 N–H and O–H groups in total. The molecule has 90 valence electrons. The third kappa shape index (κ3) is 2.87. The maximum Gasteiger partial charge on any atom is 0.264 e. The molecule has 0 saturated heterocycles. The summed E-state index contributed by atoms with van der Waals surface area (Å²) in [5, 5.41) is 0. The number of ether oxygens (including phenoxy) is 1. The Morgan fingerprint density at radius 1 is 1.19 bits per heavy atom. The normalized spacial score (nSPS) is 12.4. The summed E-state index contributed by atoms with van der Waals surface area (Å²) in [5.41, 5.74) is 0. The van der Waals surface area contributed by atoms with Crippen LogP contribution < -0.4 is 4.74 Å². The SMILES string of the molecule is COc1cc(S(C)(=O)=O)ccc1S(=O)(=O)Cl. The average Bonchev–Trinajstić information content (AvgIpc) is 2.14. The first kappa shape index (κ1) is 13.3. The van der Waals surface area contributed by atoms with Gasteiger partial charge in [0.1, 0.15) is 10.6 Å². The lowest BCUT2D eigenvalue weighted by atomic mass is 10.3. The molecule has 0 spiro atoms. The van der Waals surface area contributed by atoms with Gasteiger partial charge in [0.05, 0.1) is 12.0 Å². The summed E-state index contributed by atoms with van der Waals surface area (Å²) >= 11 is 0. The van der Waals surface area contributed by atoms with Gasteiger partial charge in [-0.3, -0.25) is 0 Å². The van der Waals surface area contributed by atoms with Crippen LogP contribution in [0.5, 0.6) is 5.75 Å². The molecule has 0 aliphatic heterocycles. The van der Waals surface area contributed by atoms with Crippen LogP contribution in [0.3, 0.4) is 0 Å². The van der Waals surface area contributed by atoms with Crippen LogP contribution in [0, 0.1) is 0 Å². The summed E-state index contributed by atoms with van der Waals surface area (Å²) in [6, 6.07) is 3.37. The van der Waals surface area contributed by atoms with E-state index in [9.17, 15) is 16.8 Å². The van der Waals surface area contributed by atoms with Gasteiger partial charge < -0.3 is 4.74 Å². The van der Waals surface area contributed by atoms with Gasteiger partial charge in [0.2, 0.25) is 0 Å². The molecule has 0 bridgehead atoms. The Kier molecular flexibility index (Phi) is 3.51. The smallest absolute Gasteiger partial charge is 0.264 e. The second-order valence-electron chi connectivity index (χ2n) is 3.02. The first-order chi connectivity index (χ1) is 7.16. The Hall–Kier alpha value is -0.790. The first-order valence-electron chi connectivity index (χ1n) is 3.99. The third-order valence-corrected chi connectivity index (χ3v) is 4.30. The van der Waals surface area contributed by atoms with Crippen molar-refractivity contribution >= 4 is 29.6 Å². The quantitative estimate of drug-likeness (QED) is 0.775. The van der Waals surface area contributed by atoms with Gasteiger partial charge in [-0.15, -0.1) is 0 Å². The van der Waals surface area contributed by atoms with Crippen LogP contribution in [0.25, 0.3) is 0 Å². The van der Waals surface area contributed by atoms with E-state index in [2.05, 4.69) is 0 Å². The zero-order valence-electron chi connectivity index (χ0n) is 8.47. The predicted molar refractivity (Wildman–Crippen MR) is 59.1 cm³/mol. The minimum absolute atomic E-state index is 0.0339. The predicted octanol–water partition coefficient (Wildman–Crippen LogP) is 1.03. The molecular formula is C8H9ClO5S2. The Labute approximate surface area is 98.3 Å². The van der Waals surface area contributed by atoms with Crippen molar-refractivity contribution in [3.63, 3.8) is 0 Å². The van der Waals surface area contributed by atoms with Crippen LogP contribution in [0.2, 0.25) is 0 Å². The van der Waals surface area contributed by atoms with E-state index in [1.807, 2.05) is 0 Å². The molecule has 5 nitrogen and oxygen atoms in total. The Morgan fingerprint density at radius 3 is 2.12 bits per heavy atom. The Morgan fingerprint density at radius 2 is 1.75 bits per heavy atom. The number of halogens is 1. The number of methoxy groups -OCH3 is 1. The van der Waals surface area contributed by atoms with Crippen molar-refractivity contribution < 1.29 is 21.6 Å². The van der Waals surface area contributed by atoms with Crippen molar-refractivity contribution in [2.75, 3.05) is 13.4 Å². The van der Waals surface area contributed by atoms with Gasteiger partial charge in [-0.2, -0.15) is 0 Å². The van der Waals surface area contributed by atoms with Crippen LogP contribution in [-0.2, 0) is 18.9 Å². The summed E-state index contributed by atoms with van der Waals surface area (Å²) in [6.45, 7) is 0. The second kappa shape index (κ2) is 4.23. The molecule has 1 aromatic rings. The highest BCUT2D eigenvalue weighted by Crippen LogP contribution is 2.29. The maximum atomic E-state index is 11.2. The molecule has 0 unspecified atom stereocenters. The van der Waals surface area contributed by atoms with Gasteiger partial charge in [0, 0.05) is 23.0 Å². The van der Waals surface area contributed by atoms with Crippen LogP contribution in [-0.4, -0.2) is 30.2 Å². The summed E-state index contributed by atoms with van der Waals surface area (Å²) < 4.78 is 49.4. The minimum Gasteiger partial charge on any atom is -0.495 e. The molecule has 16 heavy (non-hydrogen) atoms. The fraction of sp³-hybridized carbons (Fsp3) is 0.250. The molecule has 0 radical (unpaired) electrons. The Bertz CT molecular complexity index is 603. The molecular weight excluding hydrogens is 276 g/mol. The zero-order chi connectivity index (χ0) is 12.6. The van der Waals surface area contributed by atoms with E-state index >= 15 is 0 Å². The van der Waals surface area contributed by atoms with Crippen molar-refractivity contribution in [1.82, 2.24) is 0 Å². The van der Waals surface area contributed by atoms with Crippen molar-refractivity contribution in [3.05, 3.63) is 18.2 Å². The van der Waals surface area contributed by atoms with Crippen molar-refractivity contribution in [3.8, 4) is 5.75 Å². The van der Waals surface area contributed by atoms with E-state index in [0.29, 0.717) is 0 Å². The van der Waals surface area contributed by atoms with Gasteiger partial charge in [0.15, 0.2) is 9.84 Å². The largest absolute Gasteiger partial charge is 0.495 e. The van der Waals surface area contributed by atoms with Gasteiger partial charge in [-0.1, -0.05) is 0 Å². The molecule has 0 aromatic heterocycles. The third-order valence-electron chi connectivity index (χ3n) is 1.83. The summed E-state index contributed by atoms with van der Waals surface area (Å²) in [7, 11) is -0.990. The van der Waals surface area contributed by atoms with E-state index in [-0.39, 0.29) is 15.5 Å². The molecule has 0 saturated carbocycles. The molecule has 0 aliphatic carbocycles. The van der Waals surface area contributed by atoms with Crippen LogP contribution >= 0.6 is 10.7 Å². The van der Waals surface area contributed by atoms with Gasteiger partial charge in [-0.05, 0) is 12.1 Å². The first-order valence-corrected chi connectivity index (χ1v) is 8.19. The highest BCUT2D eigenvalue weighted by atomic mass is 35.7. The Balaban J connectivity index is 3.52. The maximum absolute atomic E-state index is 11.2. The molecule has 0 heterocycles. The zero-order valence-corrected chi connectivity index (χ0v) is 10.9. The van der Waals surface area contributed by atoms with Crippen molar-refractivity contribution in [1.29, 1.82) is 0 Å². The van der Waals surface area contributed by atoms with Crippen LogP contribution in [0.1, 0.15) is 0 Å². The minimum atomic E-state index is -3.96.